The lowest BCUT2D eigenvalue weighted by molar-refractivity contribution is 0.200. The third-order valence-corrected chi connectivity index (χ3v) is 4.18. The molecule has 100 valence electrons. The van der Waals surface area contributed by atoms with Crippen LogP contribution in [0.5, 0.6) is 0 Å². The maximum atomic E-state index is 13.8. The van der Waals surface area contributed by atoms with Crippen LogP contribution >= 0.6 is 11.8 Å². The van der Waals surface area contributed by atoms with Gasteiger partial charge in [-0.2, -0.15) is 0 Å². The van der Waals surface area contributed by atoms with Crippen molar-refractivity contribution in [2.75, 3.05) is 19.5 Å². The van der Waals surface area contributed by atoms with Crippen molar-refractivity contribution in [2.24, 2.45) is 0 Å². The number of methoxy groups -OCH3 is 1. The minimum absolute atomic E-state index is 0.104. The fourth-order valence-corrected chi connectivity index (χ4v) is 2.77. The molecule has 0 radical (unpaired) electrons. The molecule has 0 aliphatic heterocycles. The molecule has 4 heteroatoms. The Kier molecular flexibility index (Phi) is 5.47. The van der Waals surface area contributed by atoms with Gasteiger partial charge in [0, 0.05) is 37.0 Å². The van der Waals surface area contributed by atoms with Gasteiger partial charge < -0.3 is 10.1 Å². The van der Waals surface area contributed by atoms with E-state index in [1.807, 2.05) is 6.07 Å². The van der Waals surface area contributed by atoms with Crippen molar-refractivity contribution < 1.29 is 9.13 Å². The first-order valence-electron chi connectivity index (χ1n) is 6.44. The summed E-state index contributed by atoms with van der Waals surface area (Å²) in [6.07, 6.45) is 3.46. The zero-order chi connectivity index (χ0) is 12.8. The molecule has 0 heterocycles. The molecule has 0 aromatic heterocycles. The van der Waals surface area contributed by atoms with Crippen LogP contribution in [0.2, 0.25) is 0 Å². The van der Waals surface area contributed by atoms with Crippen molar-refractivity contribution in [3.63, 3.8) is 0 Å². The highest BCUT2D eigenvalue weighted by atomic mass is 32.2. The zero-order valence-corrected chi connectivity index (χ0v) is 11.6. The Labute approximate surface area is 112 Å². The molecule has 2 rings (SSSR count). The van der Waals surface area contributed by atoms with Gasteiger partial charge >= 0.3 is 0 Å². The van der Waals surface area contributed by atoms with Crippen molar-refractivity contribution in [2.45, 2.75) is 36.7 Å². The average Bonchev–Trinajstić information content (AvgIpc) is 3.18. The summed E-state index contributed by atoms with van der Waals surface area (Å²) in [6.45, 7) is 1.51. The maximum absolute atomic E-state index is 13.8. The van der Waals surface area contributed by atoms with E-state index in [9.17, 15) is 4.39 Å². The van der Waals surface area contributed by atoms with Crippen LogP contribution in [0.15, 0.2) is 23.1 Å². The van der Waals surface area contributed by atoms with Gasteiger partial charge in [-0.05, 0) is 30.9 Å². The molecule has 1 aliphatic rings. The molecule has 0 bridgehead atoms. The largest absolute Gasteiger partial charge is 0.385 e. The Morgan fingerprint density at radius 1 is 1.44 bits per heavy atom. The zero-order valence-electron chi connectivity index (χ0n) is 10.7. The fourth-order valence-electron chi connectivity index (χ4n) is 1.77. The van der Waals surface area contributed by atoms with Crippen molar-refractivity contribution in [1.82, 2.24) is 5.32 Å². The van der Waals surface area contributed by atoms with Crippen LogP contribution in [0.25, 0.3) is 0 Å². The monoisotopic (exact) mass is 269 g/mol. The highest BCUT2D eigenvalue weighted by molar-refractivity contribution is 7.99. The first-order chi connectivity index (χ1) is 8.81. The fraction of sp³-hybridized carbons (Fsp3) is 0.571. The van der Waals surface area contributed by atoms with E-state index in [1.54, 1.807) is 31.0 Å². The molecule has 1 aromatic carbocycles. The highest BCUT2D eigenvalue weighted by Crippen LogP contribution is 2.28. The van der Waals surface area contributed by atoms with Gasteiger partial charge in [-0.25, -0.2) is 4.39 Å². The molecular weight excluding hydrogens is 249 g/mol. The number of benzene rings is 1. The molecule has 2 nitrogen and oxygen atoms in total. The predicted molar refractivity (Wildman–Crippen MR) is 73.5 cm³/mol. The normalized spacial score (nSPS) is 15.0. The van der Waals surface area contributed by atoms with Gasteiger partial charge in [-0.1, -0.05) is 12.1 Å². The van der Waals surface area contributed by atoms with Gasteiger partial charge in [0.25, 0.3) is 0 Å². The summed E-state index contributed by atoms with van der Waals surface area (Å²) in [5.74, 6) is 0.790. The highest BCUT2D eigenvalue weighted by Gasteiger charge is 2.20. The van der Waals surface area contributed by atoms with E-state index >= 15 is 0 Å². The van der Waals surface area contributed by atoms with Gasteiger partial charge in [0.15, 0.2) is 0 Å². The minimum Gasteiger partial charge on any atom is -0.385 e. The summed E-state index contributed by atoms with van der Waals surface area (Å²) >= 11 is 1.59. The molecule has 0 spiro atoms. The number of nitrogens with one attached hydrogen (secondary N) is 1. The van der Waals surface area contributed by atoms with Crippen LogP contribution in [0.1, 0.15) is 24.8 Å². The molecule has 0 amide bonds. The van der Waals surface area contributed by atoms with E-state index in [-0.39, 0.29) is 5.82 Å². The second-order valence-electron chi connectivity index (χ2n) is 4.58. The predicted octanol–water partition coefficient (Wildman–Crippen LogP) is 3.21. The second-order valence-corrected chi connectivity index (χ2v) is 5.68. The molecule has 1 saturated carbocycles. The quantitative estimate of drug-likeness (QED) is 0.578. The first-order valence-corrected chi connectivity index (χ1v) is 7.42. The SMILES string of the molecule is COCCCSc1c(F)cccc1CNC1CC1. The number of ether oxygens (including phenoxy) is 1. The summed E-state index contributed by atoms with van der Waals surface area (Å²) in [5.41, 5.74) is 1.07. The molecule has 1 fully saturated rings. The lowest BCUT2D eigenvalue weighted by Gasteiger charge is -2.11. The Morgan fingerprint density at radius 2 is 2.28 bits per heavy atom. The molecule has 0 saturated heterocycles. The van der Waals surface area contributed by atoms with E-state index in [0.717, 1.165) is 35.8 Å². The van der Waals surface area contributed by atoms with Gasteiger partial charge in [0.1, 0.15) is 5.82 Å². The Morgan fingerprint density at radius 3 is 3.00 bits per heavy atom. The first kappa shape index (κ1) is 13.8. The Bertz CT molecular complexity index is 382. The molecule has 1 aromatic rings. The number of thioether (sulfide) groups is 1. The lowest BCUT2D eigenvalue weighted by atomic mass is 10.2. The van der Waals surface area contributed by atoms with Crippen molar-refractivity contribution in [1.29, 1.82) is 0 Å². The van der Waals surface area contributed by atoms with E-state index in [2.05, 4.69) is 5.32 Å². The summed E-state index contributed by atoms with van der Waals surface area (Å²) in [5, 5.41) is 3.44. The third-order valence-electron chi connectivity index (χ3n) is 2.95. The molecule has 0 unspecified atom stereocenters. The van der Waals surface area contributed by atoms with E-state index in [0.29, 0.717) is 6.04 Å². The Hall–Kier alpha value is -0.580. The number of halogens is 1. The summed E-state index contributed by atoms with van der Waals surface area (Å²) in [7, 11) is 1.69. The van der Waals surface area contributed by atoms with Gasteiger partial charge in [-0.3, -0.25) is 0 Å². The molecule has 18 heavy (non-hydrogen) atoms. The minimum atomic E-state index is -0.104. The van der Waals surface area contributed by atoms with Crippen LogP contribution in [-0.2, 0) is 11.3 Å². The van der Waals surface area contributed by atoms with Crippen LogP contribution < -0.4 is 5.32 Å². The van der Waals surface area contributed by atoms with Crippen LogP contribution in [0.4, 0.5) is 4.39 Å². The van der Waals surface area contributed by atoms with Crippen molar-refractivity contribution >= 4 is 11.8 Å². The van der Waals surface area contributed by atoms with Crippen LogP contribution in [0, 0.1) is 5.82 Å². The third kappa shape index (κ3) is 4.26. The topological polar surface area (TPSA) is 21.3 Å². The van der Waals surface area contributed by atoms with E-state index < -0.39 is 0 Å². The van der Waals surface area contributed by atoms with Crippen molar-refractivity contribution in [3.05, 3.63) is 29.6 Å². The summed E-state index contributed by atoms with van der Waals surface area (Å²) < 4.78 is 18.8. The van der Waals surface area contributed by atoms with Gasteiger partial charge in [0.2, 0.25) is 0 Å². The van der Waals surface area contributed by atoms with Crippen LogP contribution in [-0.4, -0.2) is 25.5 Å². The summed E-state index contributed by atoms with van der Waals surface area (Å²) in [6, 6.07) is 5.99. The van der Waals surface area contributed by atoms with E-state index in [1.165, 1.54) is 12.8 Å². The smallest absolute Gasteiger partial charge is 0.137 e. The molecular formula is C14H20FNOS. The number of hydrogen-bond donors (Lipinski definition) is 1. The van der Waals surface area contributed by atoms with Crippen molar-refractivity contribution in [3.8, 4) is 0 Å². The second kappa shape index (κ2) is 7.12. The number of rotatable bonds is 8. The molecule has 0 atom stereocenters. The molecule has 1 aliphatic carbocycles. The van der Waals surface area contributed by atoms with Gasteiger partial charge in [-0.15, -0.1) is 11.8 Å². The standard InChI is InChI=1S/C14H20FNOS/c1-17-8-3-9-18-14-11(4-2-5-13(14)15)10-16-12-6-7-12/h2,4-5,12,16H,3,6-10H2,1H3. The van der Waals surface area contributed by atoms with Gasteiger partial charge in [0.05, 0.1) is 0 Å². The number of hydrogen-bond acceptors (Lipinski definition) is 3. The molecule has 1 N–H and O–H groups in total. The lowest BCUT2D eigenvalue weighted by Crippen LogP contribution is -2.16. The maximum Gasteiger partial charge on any atom is 0.137 e. The van der Waals surface area contributed by atoms with E-state index in [4.69, 9.17) is 4.74 Å². The summed E-state index contributed by atoms with van der Waals surface area (Å²) in [4.78, 5) is 0.793. The average molecular weight is 269 g/mol. The Balaban J connectivity index is 1.91. The van der Waals surface area contributed by atoms with Crippen LogP contribution in [0.3, 0.4) is 0 Å².